The highest BCUT2D eigenvalue weighted by Crippen LogP contribution is 2.29. The molecule has 2 aromatic carbocycles. The number of hydrogen-bond acceptors (Lipinski definition) is 4. The van der Waals surface area contributed by atoms with Crippen molar-refractivity contribution in [1.82, 2.24) is 4.98 Å². The van der Waals surface area contributed by atoms with Gasteiger partial charge in [-0.1, -0.05) is 12.1 Å². The van der Waals surface area contributed by atoms with Gasteiger partial charge >= 0.3 is 12.3 Å². The molecule has 0 aliphatic heterocycles. The van der Waals surface area contributed by atoms with Crippen LogP contribution in [0.25, 0.3) is 10.8 Å². The number of hydrogen-bond donors (Lipinski definition) is 2. The topological polar surface area (TPSA) is 71.5 Å². The van der Waals surface area contributed by atoms with Gasteiger partial charge in [-0.25, -0.2) is 9.78 Å². The third kappa shape index (κ3) is 3.79. The first-order chi connectivity index (χ1) is 11.8. The third-order valence-corrected chi connectivity index (χ3v) is 3.37. The lowest BCUT2D eigenvalue weighted by atomic mass is 10.1. The van der Waals surface area contributed by atoms with Crippen LogP contribution in [-0.2, 0) is 0 Å². The lowest BCUT2D eigenvalue weighted by Gasteiger charge is -2.12. The highest BCUT2D eigenvalue weighted by molar-refractivity contribution is 6.08. The molecule has 0 radical (unpaired) electrons. The first-order valence-corrected chi connectivity index (χ1v) is 7.07. The zero-order valence-corrected chi connectivity index (χ0v) is 12.5. The van der Waals surface area contributed by atoms with Crippen LogP contribution in [0.15, 0.2) is 54.7 Å². The average Bonchev–Trinajstić information content (AvgIpc) is 2.55. The summed E-state index contributed by atoms with van der Waals surface area (Å²) >= 11 is 0. The Morgan fingerprint density at radius 3 is 2.44 bits per heavy atom. The molecule has 0 aliphatic rings. The smallest absolute Gasteiger partial charge is 0.478 e. The van der Waals surface area contributed by atoms with Crippen molar-refractivity contribution in [2.75, 3.05) is 5.32 Å². The van der Waals surface area contributed by atoms with Crippen molar-refractivity contribution in [3.63, 3.8) is 0 Å². The quantitative estimate of drug-likeness (QED) is 0.722. The third-order valence-electron chi connectivity index (χ3n) is 3.37. The summed E-state index contributed by atoms with van der Waals surface area (Å²) in [6.45, 7) is 0. The minimum atomic E-state index is -4.76. The number of benzene rings is 2. The van der Waals surface area contributed by atoms with Gasteiger partial charge in [0.1, 0.15) is 11.6 Å². The van der Waals surface area contributed by atoms with Gasteiger partial charge in [-0.05, 0) is 41.8 Å². The number of carboxylic acids is 1. The summed E-state index contributed by atoms with van der Waals surface area (Å²) in [5.74, 6) is -1.16. The van der Waals surface area contributed by atoms with Crippen LogP contribution < -0.4 is 10.1 Å². The van der Waals surface area contributed by atoms with E-state index < -0.39 is 12.3 Å². The van der Waals surface area contributed by atoms with Crippen LogP contribution in [0, 0.1) is 0 Å². The van der Waals surface area contributed by atoms with E-state index in [1.807, 2.05) is 0 Å². The van der Waals surface area contributed by atoms with Gasteiger partial charge in [0.2, 0.25) is 0 Å². The average molecular weight is 348 g/mol. The molecule has 1 aromatic heterocycles. The fourth-order valence-corrected chi connectivity index (χ4v) is 2.38. The van der Waals surface area contributed by atoms with Crippen molar-refractivity contribution in [2.45, 2.75) is 6.36 Å². The minimum absolute atomic E-state index is 0.0742. The summed E-state index contributed by atoms with van der Waals surface area (Å²) in [7, 11) is 0. The van der Waals surface area contributed by atoms with Gasteiger partial charge in [-0.3, -0.25) is 0 Å². The monoisotopic (exact) mass is 348 g/mol. The molecule has 3 rings (SSSR count). The molecule has 2 N–H and O–H groups in total. The van der Waals surface area contributed by atoms with Crippen LogP contribution in [0.3, 0.4) is 0 Å². The molecule has 0 saturated heterocycles. The number of rotatable bonds is 4. The van der Waals surface area contributed by atoms with Gasteiger partial charge in [-0.15, -0.1) is 13.2 Å². The molecule has 5 nitrogen and oxygen atoms in total. The Morgan fingerprint density at radius 2 is 1.80 bits per heavy atom. The molecule has 25 heavy (non-hydrogen) atoms. The van der Waals surface area contributed by atoms with E-state index in [1.165, 1.54) is 24.4 Å². The van der Waals surface area contributed by atoms with Crippen molar-refractivity contribution in [2.24, 2.45) is 0 Å². The first kappa shape index (κ1) is 16.6. The Bertz CT molecular complexity index is 919. The number of fused-ring (bicyclic) bond motifs is 1. The molecule has 0 saturated carbocycles. The Hall–Kier alpha value is -3.29. The van der Waals surface area contributed by atoms with Gasteiger partial charge in [-0.2, -0.15) is 0 Å². The summed E-state index contributed by atoms with van der Waals surface area (Å²) < 4.78 is 40.3. The van der Waals surface area contributed by atoms with Crippen LogP contribution in [0.4, 0.5) is 24.7 Å². The Labute approximate surface area is 139 Å². The number of nitrogens with one attached hydrogen (secondary N) is 1. The number of aromatic carboxylic acids is 1. The number of nitrogens with zero attached hydrogens (tertiary/aromatic N) is 1. The van der Waals surface area contributed by atoms with E-state index >= 15 is 0 Å². The minimum Gasteiger partial charge on any atom is -0.478 e. The molecule has 0 bridgehead atoms. The van der Waals surface area contributed by atoms with Gasteiger partial charge in [0.05, 0.1) is 5.56 Å². The largest absolute Gasteiger partial charge is 0.573 e. The van der Waals surface area contributed by atoms with Crippen LogP contribution in [0.2, 0.25) is 0 Å². The molecular weight excluding hydrogens is 337 g/mol. The second kappa shape index (κ2) is 6.31. The van der Waals surface area contributed by atoms with E-state index in [1.54, 1.807) is 18.2 Å². The number of anilines is 2. The maximum absolute atomic E-state index is 12.2. The Kier molecular flexibility index (Phi) is 4.18. The molecule has 8 heteroatoms. The van der Waals surface area contributed by atoms with Gasteiger partial charge in [0, 0.05) is 17.3 Å². The summed E-state index contributed by atoms with van der Waals surface area (Å²) in [5.41, 5.74) is 0.514. The van der Waals surface area contributed by atoms with Crippen LogP contribution >= 0.6 is 0 Å². The van der Waals surface area contributed by atoms with Crippen molar-refractivity contribution >= 4 is 28.2 Å². The van der Waals surface area contributed by atoms with E-state index in [4.69, 9.17) is 0 Å². The lowest BCUT2D eigenvalue weighted by Crippen LogP contribution is -2.16. The SMILES string of the molecule is O=C(O)c1cccc2ccnc(Nc3ccc(OC(F)(F)F)cc3)c12. The van der Waals surface area contributed by atoms with E-state index in [-0.39, 0.29) is 11.3 Å². The predicted molar refractivity (Wildman–Crippen MR) is 85.1 cm³/mol. The number of carbonyl (C=O) groups is 1. The van der Waals surface area contributed by atoms with Crippen molar-refractivity contribution in [3.8, 4) is 5.75 Å². The summed E-state index contributed by atoms with van der Waals surface area (Å²) in [4.78, 5) is 15.6. The number of carboxylic acid groups (broad SMARTS) is 1. The Balaban J connectivity index is 1.94. The van der Waals surface area contributed by atoms with Gasteiger partial charge in [0.25, 0.3) is 0 Å². The molecule has 1 heterocycles. The lowest BCUT2D eigenvalue weighted by molar-refractivity contribution is -0.274. The molecule has 128 valence electrons. The number of halogens is 3. The maximum Gasteiger partial charge on any atom is 0.573 e. The van der Waals surface area contributed by atoms with Gasteiger partial charge in [0.15, 0.2) is 0 Å². The van der Waals surface area contributed by atoms with E-state index in [0.717, 1.165) is 12.1 Å². The second-order valence-electron chi connectivity index (χ2n) is 5.07. The Morgan fingerprint density at radius 1 is 1.08 bits per heavy atom. The number of aromatic nitrogens is 1. The zero-order chi connectivity index (χ0) is 18.0. The molecule has 0 atom stereocenters. The fraction of sp³-hybridized carbons (Fsp3) is 0.0588. The highest BCUT2D eigenvalue weighted by Gasteiger charge is 2.30. The molecule has 0 aliphatic carbocycles. The highest BCUT2D eigenvalue weighted by atomic mass is 19.4. The first-order valence-electron chi connectivity index (χ1n) is 7.07. The predicted octanol–water partition coefficient (Wildman–Crippen LogP) is 4.58. The molecule has 0 amide bonds. The molecule has 0 unspecified atom stereocenters. The fourth-order valence-electron chi connectivity index (χ4n) is 2.38. The van der Waals surface area contributed by atoms with Crippen molar-refractivity contribution in [3.05, 3.63) is 60.3 Å². The van der Waals surface area contributed by atoms with Crippen LogP contribution in [0.1, 0.15) is 10.4 Å². The summed E-state index contributed by atoms with van der Waals surface area (Å²) in [6.07, 6.45) is -3.25. The number of alkyl halides is 3. The van der Waals surface area contributed by atoms with E-state index in [9.17, 15) is 23.1 Å². The standard InChI is InChI=1S/C17H11F3N2O3/c18-17(19,20)25-12-6-4-11(5-7-12)22-15-14-10(8-9-21-15)2-1-3-13(14)16(23)24/h1-9H,(H,21,22)(H,23,24). The number of ether oxygens (including phenoxy) is 1. The van der Waals surface area contributed by atoms with Crippen LogP contribution in [0.5, 0.6) is 5.75 Å². The normalized spacial score (nSPS) is 11.3. The van der Waals surface area contributed by atoms with E-state index in [0.29, 0.717) is 22.3 Å². The molecule has 0 fully saturated rings. The molecule has 0 spiro atoms. The summed E-state index contributed by atoms with van der Waals surface area (Å²) in [5, 5.41) is 13.3. The van der Waals surface area contributed by atoms with Crippen molar-refractivity contribution in [1.29, 1.82) is 0 Å². The number of pyridine rings is 1. The molecular formula is C17H11F3N2O3. The van der Waals surface area contributed by atoms with E-state index in [2.05, 4.69) is 15.0 Å². The maximum atomic E-state index is 12.2. The second-order valence-corrected chi connectivity index (χ2v) is 5.07. The van der Waals surface area contributed by atoms with Gasteiger partial charge < -0.3 is 15.2 Å². The van der Waals surface area contributed by atoms with Crippen LogP contribution in [-0.4, -0.2) is 22.4 Å². The zero-order valence-electron chi connectivity index (χ0n) is 12.5. The molecule has 3 aromatic rings. The summed E-state index contributed by atoms with van der Waals surface area (Å²) in [6, 6.07) is 11.6. The van der Waals surface area contributed by atoms with Crippen molar-refractivity contribution < 1.29 is 27.8 Å².